The summed E-state index contributed by atoms with van der Waals surface area (Å²) in [6, 6.07) is 3.66. The van der Waals surface area contributed by atoms with Crippen molar-refractivity contribution >= 4 is 51.7 Å². The normalized spacial score (nSPS) is 11.9. The molecular formula is C20H21N5O6S. The van der Waals surface area contributed by atoms with Gasteiger partial charge < -0.3 is 25.8 Å². The highest BCUT2D eigenvalue weighted by Gasteiger charge is 2.22. The molecule has 11 nitrogen and oxygen atoms in total. The van der Waals surface area contributed by atoms with E-state index in [-0.39, 0.29) is 29.2 Å². The molecule has 0 radical (unpaired) electrons. The Morgan fingerprint density at radius 2 is 1.94 bits per heavy atom. The third-order valence-corrected chi connectivity index (χ3v) is 5.91. The zero-order valence-electron chi connectivity index (χ0n) is 16.8. The molecule has 0 saturated carbocycles. The monoisotopic (exact) mass is 459 g/mol. The molecule has 1 atom stereocenters. The van der Waals surface area contributed by atoms with Gasteiger partial charge in [-0.2, -0.15) is 0 Å². The Morgan fingerprint density at radius 3 is 2.62 bits per heavy atom. The largest absolute Gasteiger partial charge is 0.481 e. The fourth-order valence-electron chi connectivity index (χ4n) is 3.10. The number of amides is 1. The molecule has 3 aromatic rings. The van der Waals surface area contributed by atoms with E-state index in [0.717, 1.165) is 21.8 Å². The van der Waals surface area contributed by atoms with Crippen molar-refractivity contribution in [2.24, 2.45) is 0 Å². The van der Waals surface area contributed by atoms with Crippen LogP contribution in [0.1, 0.15) is 33.8 Å². The van der Waals surface area contributed by atoms with Crippen LogP contribution in [0.4, 0.5) is 5.95 Å². The summed E-state index contributed by atoms with van der Waals surface area (Å²) in [4.78, 5) is 54.1. The summed E-state index contributed by atoms with van der Waals surface area (Å²) >= 11 is 1.15. The molecule has 6 N–H and O–H groups in total. The van der Waals surface area contributed by atoms with E-state index in [2.05, 4.69) is 21.9 Å². The number of nitrogens with two attached hydrogens (primary N) is 1. The molecule has 0 aliphatic heterocycles. The summed E-state index contributed by atoms with van der Waals surface area (Å²) in [6.07, 6.45) is 1.64. The molecule has 168 valence electrons. The Hall–Kier alpha value is -3.93. The van der Waals surface area contributed by atoms with Crippen LogP contribution in [0, 0.1) is 0 Å². The van der Waals surface area contributed by atoms with Gasteiger partial charge in [0, 0.05) is 24.0 Å². The van der Waals surface area contributed by atoms with Gasteiger partial charge in [0.1, 0.15) is 11.6 Å². The number of carboxylic acids is 2. The number of carboxylic acid groups (broad SMARTS) is 2. The number of allylic oxidation sites excluding steroid dienone is 1. The van der Waals surface area contributed by atoms with Crippen LogP contribution in [-0.4, -0.2) is 48.6 Å². The summed E-state index contributed by atoms with van der Waals surface area (Å²) in [5, 5.41) is 20.3. The minimum Gasteiger partial charge on any atom is -0.481 e. The first-order valence-electron chi connectivity index (χ1n) is 9.53. The number of aromatic nitrogens is 3. The van der Waals surface area contributed by atoms with Crippen LogP contribution in [0.2, 0.25) is 0 Å². The lowest BCUT2D eigenvalue weighted by atomic mass is 10.1. The molecule has 0 aromatic carbocycles. The Labute approximate surface area is 185 Å². The number of nitrogen functional groups attached to an aromatic ring is 1. The number of aryl methyl sites for hydroxylation is 1. The SMILES string of the molecule is C=C(CCn1ccc2nc(N)[nH]c(=O)c21)c1ccc(C(=O)N[C@@H](CCC(=O)O)C(=O)O)s1. The second-order valence-electron chi connectivity index (χ2n) is 7.01. The van der Waals surface area contributed by atoms with Crippen molar-refractivity contribution in [3.63, 3.8) is 0 Å². The van der Waals surface area contributed by atoms with Gasteiger partial charge >= 0.3 is 11.9 Å². The maximum Gasteiger partial charge on any atom is 0.326 e. The fourth-order valence-corrected chi connectivity index (χ4v) is 4.01. The van der Waals surface area contributed by atoms with Gasteiger partial charge in [0.25, 0.3) is 11.5 Å². The molecule has 0 fully saturated rings. The number of anilines is 1. The molecule has 0 spiro atoms. The molecule has 3 heterocycles. The number of carbonyl (C=O) groups is 3. The smallest absolute Gasteiger partial charge is 0.326 e. The third-order valence-electron chi connectivity index (χ3n) is 4.72. The van der Waals surface area contributed by atoms with Crippen LogP contribution in [0.5, 0.6) is 0 Å². The highest BCUT2D eigenvalue weighted by atomic mass is 32.1. The second kappa shape index (κ2) is 9.47. The van der Waals surface area contributed by atoms with E-state index in [0.29, 0.717) is 24.0 Å². The lowest BCUT2D eigenvalue weighted by Gasteiger charge is -2.12. The van der Waals surface area contributed by atoms with Gasteiger partial charge in [-0.3, -0.25) is 19.4 Å². The van der Waals surface area contributed by atoms with Gasteiger partial charge in [-0.15, -0.1) is 11.3 Å². The summed E-state index contributed by atoms with van der Waals surface area (Å²) in [5.74, 6) is -3.00. The van der Waals surface area contributed by atoms with E-state index in [1.807, 2.05) is 0 Å². The quantitative estimate of drug-likeness (QED) is 0.302. The molecule has 12 heteroatoms. The molecule has 32 heavy (non-hydrogen) atoms. The first kappa shape index (κ1) is 22.7. The number of fused-ring (bicyclic) bond motifs is 1. The summed E-state index contributed by atoms with van der Waals surface area (Å²) in [5.41, 5.74) is 6.84. The van der Waals surface area contributed by atoms with Gasteiger partial charge in [0.05, 0.1) is 10.4 Å². The van der Waals surface area contributed by atoms with E-state index in [1.165, 1.54) is 0 Å². The summed E-state index contributed by atoms with van der Waals surface area (Å²) in [6.45, 7) is 4.49. The zero-order chi connectivity index (χ0) is 23.4. The predicted octanol–water partition coefficient (Wildman–Crippen LogP) is 1.52. The first-order chi connectivity index (χ1) is 15.2. The van der Waals surface area contributed by atoms with Crippen LogP contribution in [0.3, 0.4) is 0 Å². The summed E-state index contributed by atoms with van der Waals surface area (Å²) < 4.78 is 1.74. The van der Waals surface area contributed by atoms with Crippen molar-refractivity contribution < 1.29 is 24.6 Å². The van der Waals surface area contributed by atoms with E-state index in [9.17, 15) is 24.3 Å². The summed E-state index contributed by atoms with van der Waals surface area (Å²) in [7, 11) is 0. The van der Waals surface area contributed by atoms with Crippen molar-refractivity contribution in [2.45, 2.75) is 31.8 Å². The van der Waals surface area contributed by atoms with Gasteiger partial charge in [0.2, 0.25) is 5.95 Å². The van der Waals surface area contributed by atoms with Crippen LogP contribution < -0.4 is 16.6 Å². The van der Waals surface area contributed by atoms with Crippen LogP contribution >= 0.6 is 11.3 Å². The first-order valence-corrected chi connectivity index (χ1v) is 10.4. The minimum absolute atomic E-state index is 0.0437. The highest BCUT2D eigenvalue weighted by molar-refractivity contribution is 7.15. The number of rotatable bonds is 10. The lowest BCUT2D eigenvalue weighted by Crippen LogP contribution is -2.40. The Bertz CT molecular complexity index is 1260. The number of carbonyl (C=O) groups excluding carboxylic acids is 1. The number of hydrogen-bond donors (Lipinski definition) is 5. The zero-order valence-corrected chi connectivity index (χ0v) is 17.6. The molecule has 3 aromatic heterocycles. The van der Waals surface area contributed by atoms with Crippen LogP contribution in [-0.2, 0) is 16.1 Å². The Kier molecular flexibility index (Phi) is 6.73. The van der Waals surface area contributed by atoms with Crippen molar-refractivity contribution in [3.05, 3.63) is 51.1 Å². The number of thiophene rings is 1. The molecule has 3 rings (SSSR count). The molecule has 0 unspecified atom stereocenters. The molecule has 0 aliphatic rings. The van der Waals surface area contributed by atoms with E-state index >= 15 is 0 Å². The van der Waals surface area contributed by atoms with Crippen LogP contribution in [0.15, 0.2) is 35.8 Å². The number of H-pyrrole nitrogens is 1. The standard InChI is InChI=1S/C20H21N5O6S/c1-10(6-8-25-9-7-11-16(25)18(29)24-20(21)23-11)13-3-4-14(32-13)17(28)22-12(19(30)31)2-5-15(26)27/h3-4,7,9,12H,1-2,5-6,8H2,(H,22,28)(H,26,27)(H,30,31)(H3,21,23,24,29)/t12-/m0/s1. The lowest BCUT2D eigenvalue weighted by molar-refractivity contribution is -0.140. The molecule has 0 saturated heterocycles. The number of aromatic amines is 1. The van der Waals surface area contributed by atoms with Gasteiger partial charge in [-0.25, -0.2) is 9.78 Å². The van der Waals surface area contributed by atoms with Crippen molar-refractivity contribution in [2.75, 3.05) is 5.73 Å². The molecule has 0 bridgehead atoms. The number of aliphatic carboxylic acids is 2. The molecule has 1 amide bonds. The Morgan fingerprint density at radius 1 is 1.22 bits per heavy atom. The maximum absolute atomic E-state index is 12.4. The maximum atomic E-state index is 12.4. The second-order valence-corrected chi connectivity index (χ2v) is 8.09. The Balaban J connectivity index is 1.64. The van der Waals surface area contributed by atoms with E-state index in [4.69, 9.17) is 10.8 Å². The van der Waals surface area contributed by atoms with Gasteiger partial charge in [-0.1, -0.05) is 6.58 Å². The van der Waals surface area contributed by atoms with Crippen LogP contribution in [0.25, 0.3) is 16.6 Å². The van der Waals surface area contributed by atoms with Gasteiger partial charge in [0.15, 0.2) is 0 Å². The number of nitrogens with one attached hydrogen (secondary N) is 2. The third kappa shape index (κ3) is 5.21. The minimum atomic E-state index is -1.30. The average molecular weight is 459 g/mol. The van der Waals surface area contributed by atoms with E-state index < -0.39 is 23.9 Å². The molecule has 0 aliphatic carbocycles. The van der Waals surface area contributed by atoms with Crippen molar-refractivity contribution in [1.82, 2.24) is 19.9 Å². The average Bonchev–Trinajstić information content (AvgIpc) is 3.36. The fraction of sp³-hybridized carbons (Fsp3) is 0.250. The molecular weight excluding hydrogens is 438 g/mol. The topological polar surface area (TPSA) is 180 Å². The van der Waals surface area contributed by atoms with E-state index in [1.54, 1.807) is 29.0 Å². The predicted molar refractivity (Wildman–Crippen MR) is 118 cm³/mol. The van der Waals surface area contributed by atoms with Crippen molar-refractivity contribution in [1.29, 1.82) is 0 Å². The number of nitrogens with zero attached hydrogens (tertiary/aromatic N) is 2. The van der Waals surface area contributed by atoms with Gasteiger partial charge in [-0.05, 0) is 36.6 Å². The highest BCUT2D eigenvalue weighted by Crippen LogP contribution is 2.26. The number of hydrogen-bond acceptors (Lipinski definition) is 7. The van der Waals surface area contributed by atoms with Crippen molar-refractivity contribution in [3.8, 4) is 0 Å².